The molecule has 0 aliphatic rings. The minimum absolute atomic E-state index is 0.403. The van der Waals surface area contributed by atoms with Gasteiger partial charge in [0.25, 0.3) is 0 Å². The summed E-state index contributed by atoms with van der Waals surface area (Å²) in [7, 11) is 0. The summed E-state index contributed by atoms with van der Waals surface area (Å²) in [6.07, 6.45) is 6.69. The van der Waals surface area contributed by atoms with Crippen molar-refractivity contribution in [1.29, 1.82) is 0 Å². The van der Waals surface area contributed by atoms with E-state index in [1.807, 2.05) is 0 Å². The van der Waals surface area contributed by atoms with Crippen LogP contribution in [-0.2, 0) is 6.42 Å². The van der Waals surface area contributed by atoms with Crippen molar-refractivity contribution in [2.45, 2.75) is 44.6 Å². The maximum atomic E-state index is 8.34. The first-order valence-electron chi connectivity index (χ1n) is 7.27. The van der Waals surface area contributed by atoms with E-state index in [4.69, 9.17) is 21.1 Å². The minimum Gasteiger partial charge on any atom is -0.394 e. The Hall–Kier alpha value is -0.940. The Labute approximate surface area is 122 Å². The van der Waals surface area contributed by atoms with Gasteiger partial charge in [-0.05, 0) is 18.4 Å². The van der Waals surface area contributed by atoms with Gasteiger partial charge in [0.15, 0.2) is 0 Å². The van der Waals surface area contributed by atoms with Crippen molar-refractivity contribution in [3.05, 3.63) is 35.9 Å². The molecule has 4 heteroatoms. The first-order chi connectivity index (χ1) is 9.61. The summed E-state index contributed by atoms with van der Waals surface area (Å²) in [5.74, 6) is 0. The SMILES string of the molecule is CCCCCCc1ccccc1.NC(CO)(CO)CO. The smallest absolute Gasteiger partial charge is 0.0856 e. The van der Waals surface area contributed by atoms with Crippen molar-refractivity contribution in [1.82, 2.24) is 0 Å². The molecule has 1 aromatic rings. The van der Waals surface area contributed by atoms with Crippen molar-refractivity contribution >= 4 is 0 Å². The van der Waals surface area contributed by atoms with Gasteiger partial charge in [0.1, 0.15) is 0 Å². The lowest BCUT2D eigenvalue weighted by Gasteiger charge is -2.20. The first kappa shape index (κ1) is 19.1. The van der Waals surface area contributed by atoms with Crippen LogP contribution in [0, 0.1) is 0 Å². The quantitative estimate of drug-likeness (QED) is 0.544. The average Bonchev–Trinajstić information content (AvgIpc) is 2.52. The lowest BCUT2D eigenvalue weighted by atomic mass is 10.1. The molecule has 0 amide bonds. The summed E-state index contributed by atoms with van der Waals surface area (Å²) in [5, 5.41) is 25.0. The van der Waals surface area contributed by atoms with Crippen LogP contribution in [0.1, 0.15) is 38.2 Å². The van der Waals surface area contributed by atoms with Gasteiger partial charge in [0.05, 0.1) is 25.4 Å². The molecule has 5 N–H and O–H groups in total. The Balaban J connectivity index is 0.000000396. The Morgan fingerprint density at radius 2 is 1.45 bits per heavy atom. The Morgan fingerprint density at radius 3 is 1.85 bits per heavy atom. The van der Waals surface area contributed by atoms with Crippen LogP contribution in [0.5, 0.6) is 0 Å². The summed E-state index contributed by atoms with van der Waals surface area (Å²) < 4.78 is 0. The fourth-order valence-corrected chi connectivity index (χ4v) is 1.55. The van der Waals surface area contributed by atoms with Gasteiger partial charge in [-0.1, -0.05) is 56.5 Å². The summed E-state index contributed by atoms with van der Waals surface area (Å²) >= 11 is 0. The molecule has 20 heavy (non-hydrogen) atoms. The van der Waals surface area contributed by atoms with Gasteiger partial charge in [-0.2, -0.15) is 0 Å². The summed E-state index contributed by atoms with van der Waals surface area (Å²) in [4.78, 5) is 0. The maximum Gasteiger partial charge on any atom is 0.0856 e. The third-order valence-electron chi connectivity index (χ3n) is 3.11. The van der Waals surface area contributed by atoms with Gasteiger partial charge in [-0.25, -0.2) is 0 Å². The van der Waals surface area contributed by atoms with E-state index in [1.165, 1.54) is 37.7 Å². The van der Waals surface area contributed by atoms with E-state index in [-0.39, 0.29) is 0 Å². The number of aryl methyl sites for hydroxylation is 1. The minimum atomic E-state index is -1.21. The Bertz CT molecular complexity index is 304. The molecule has 0 bridgehead atoms. The molecule has 0 saturated carbocycles. The molecule has 0 atom stereocenters. The molecule has 0 aliphatic heterocycles. The molecule has 0 heterocycles. The van der Waals surface area contributed by atoms with Crippen molar-refractivity contribution < 1.29 is 15.3 Å². The number of unbranched alkanes of at least 4 members (excludes halogenated alkanes) is 3. The topological polar surface area (TPSA) is 86.7 Å². The molecule has 0 aromatic heterocycles. The lowest BCUT2D eigenvalue weighted by Crippen LogP contribution is -2.50. The van der Waals surface area contributed by atoms with Crippen LogP contribution in [0.2, 0.25) is 0 Å². The zero-order valence-electron chi connectivity index (χ0n) is 12.5. The molecule has 0 saturated heterocycles. The van der Waals surface area contributed by atoms with Gasteiger partial charge in [0.2, 0.25) is 0 Å². The molecule has 1 rings (SSSR count). The molecule has 1 aromatic carbocycles. The molecule has 0 fully saturated rings. The van der Waals surface area contributed by atoms with E-state index in [0.717, 1.165) is 0 Å². The van der Waals surface area contributed by atoms with Crippen LogP contribution in [0.15, 0.2) is 30.3 Å². The highest BCUT2D eigenvalue weighted by molar-refractivity contribution is 5.14. The van der Waals surface area contributed by atoms with Gasteiger partial charge < -0.3 is 21.1 Å². The second-order valence-corrected chi connectivity index (χ2v) is 5.13. The molecular formula is C16H29NO3. The second kappa shape index (κ2) is 11.9. The highest BCUT2D eigenvalue weighted by Crippen LogP contribution is 2.06. The van der Waals surface area contributed by atoms with Crippen molar-refractivity contribution in [2.24, 2.45) is 5.73 Å². The summed E-state index contributed by atoms with van der Waals surface area (Å²) in [6, 6.07) is 10.7. The number of hydrogen-bond acceptors (Lipinski definition) is 4. The van der Waals surface area contributed by atoms with Crippen LogP contribution < -0.4 is 5.73 Å². The predicted octanol–water partition coefficient (Wildman–Crippen LogP) is 1.47. The number of hydrogen-bond donors (Lipinski definition) is 4. The van der Waals surface area contributed by atoms with E-state index in [1.54, 1.807) is 0 Å². The van der Waals surface area contributed by atoms with Crippen molar-refractivity contribution in [3.63, 3.8) is 0 Å². The third-order valence-corrected chi connectivity index (χ3v) is 3.11. The average molecular weight is 283 g/mol. The molecule has 0 radical (unpaired) electrons. The van der Waals surface area contributed by atoms with Crippen LogP contribution in [0.25, 0.3) is 0 Å². The van der Waals surface area contributed by atoms with Crippen LogP contribution in [0.4, 0.5) is 0 Å². The molecule has 116 valence electrons. The van der Waals surface area contributed by atoms with Crippen LogP contribution >= 0.6 is 0 Å². The monoisotopic (exact) mass is 283 g/mol. The fraction of sp³-hybridized carbons (Fsp3) is 0.625. The molecule has 0 unspecified atom stereocenters. The molecule has 4 nitrogen and oxygen atoms in total. The van der Waals surface area contributed by atoms with E-state index < -0.39 is 25.4 Å². The van der Waals surface area contributed by atoms with Crippen LogP contribution in [0.3, 0.4) is 0 Å². The summed E-state index contributed by atoms with van der Waals surface area (Å²) in [6.45, 7) is 1.04. The molecule has 0 aliphatic carbocycles. The zero-order valence-corrected chi connectivity index (χ0v) is 12.5. The summed E-state index contributed by atoms with van der Waals surface area (Å²) in [5.41, 5.74) is 5.42. The number of nitrogens with two attached hydrogens (primary N) is 1. The van der Waals surface area contributed by atoms with Gasteiger partial charge in [0, 0.05) is 0 Å². The van der Waals surface area contributed by atoms with Crippen molar-refractivity contribution in [2.75, 3.05) is 19.8 Å². The number of benzene rings is 1. The van der Waals surface area contributed by atoms with Crippen LogP contribution in [-0.4, -0.2) is 40.7 Å². The second-order valence-electron chi connectivity index (χ2n) is 5.13. The number of aliphatic hydroxyl groups excluding tert-OH is 3. The van der Waals surface area contributed by atoms with E-state index >= 15 is 0 Å². The Morgan fingerprint density at radius 1 is 0.900 bits per heavy atom. The normalized spacial score (nSPS) is 10.8. The van der Waals surface area contributed by atoms with Gasteiger partial charge in [-0.3, -0.25) is 0 Å². The zero-order chi connectivity index (χ0) is 15.3. The largest absolute Gasteiger partial charge is 0.394 e. The highest BCUT2D eigenvalue weighted by Gasteiger charge is 2.20. The first-order valence-corrected chi connectivity index (χ1v) is 7.27. The highest BCUT2D eigenvalue weighted by atomic mass is 16.3. The number of aliphatic hydroxyl groups is 3. The maximum absolute atomic E-state index is 8.34. The predicted molar refractivity (Wildman–Crippen MR) is 82.5 cm³/mol. The van der Waals surface area contributed by atoms with E-state index in [0.29, 0.717) is 0 Å². The van der Waals surface area contributed by atoms with Gasteiger partial charge in [-0.15, -0.1) is 0 Å². The Kier molecular flexibility index (Phi) is 11.3. The van der Waals surface area contributed by atoms with Gasteiger partial charge >= 0.3 is 0 Å². The fourth-order valence-electron chi connectivity index (χ4n) is 1.55. The third kappa shape index (κ3) is 9.04. The standard InChI is InChI=1S/C12H18.C4H11NO3/c1-2-3-4-6-9-12-10-7-5-8-11-12;5-4(1-6,2-7)3-8/h5,7-8,10-11H,2-4,6,9H2,1H3;6-8H,1-3,5H2. The van der Waals surface area contributed by atoms with E-state index in [9.17, 15) is 0 Å². The molecular weight excluding hydrogens is 254 g/mol. The lowest BCUT2D eigenvalue weighted by molar-refractivity contribution is 0.0698. The molecule has 0 spiro atoms. The van der Waals surface area contributed by atoms with Crippen molar-refractivity contribution in [3.8, 4) is 0 Å². The number of rotatable bonds is 8. The van der Waals surface area contributed by atoms with E-state index in [2.05, 4.69) is 37.3 Å².